The van der Waals surface area contributed by atoms with E-state index < -0.39 is 17.5 Å². The van der Waals surface area contributed by atoms with Crippen LogP contribution in [0.4, 0.5) is 4.39 Å². The number of carbonyl (C=O) groups excluding carboxylic acids is 1. The van der Waals surface area contributed by atoms with Crippen LogP contribution in [0.1, 0.15) is 21.8 Å². The minimum Gasteiger partial charge on any atom is -0.292 e. The summed E-state index contributed by atoms with van der Waals surface area (Å²) in [5.41, 5.74) is 0.442. The summed E-state index contributed by atoms with van der Waals surface area (Å²) in [5, 5.41) is 9.24. The van der Waals surface area contributed by atoms with Crippen molar-refractivity contribution in [2.45, 2.75) is 5.92 Å². The van der Waals surface area contributed by atoms with Gasteiger partial charge in [0.05, 0.1) is 11.6 Å². The number of ketones is 1. The van der Waals surface area contributed by atoms with Gasteiger partial charge in [0.15, 0.2) is 5.78 Å². The van der Waals surface area contributed by atoms with Gasteiger partial charge in [0.1, 0.15) is 11.7 Å². The summed E-state index contributed by atoms with van der Waals surface area (Å²) >= 11 is 6.44. The van der Waals surface area contributed by atoms with Crippen molar-refractivity contribution in [3.63, 3.8) is 0 Å². The van der Waals surface area contributed by atoms with Gasteiger partial charge in [-0.25, -0.2) is 4.39 Å². The Labute approximate surface area is 132 Å². The van der Waals surface area contributed by atoms with Crippen molar-refractivity contribution in [3.05, 3.63) is 68.4 Å². The number of hydrogen-bond acceptors (Lipinski definition) is 2. The highest BCUT2D eigenvalue weighted by molar-refractivity contribution is 9.10. The largest absolute Gasteiger partial charge is 0.292 e. The van der Waals surface area contributed by atoms with E-state index in [1.165, 1.54) is 12.1 Å². The molecule has 0 aliphatic heterocycles. The molecular weight excluding hydrogens is 389 g/mol. The van der Waals surface area contributed by atoms with Crippen molar-refractivity contribution in [1.82, 2.24) is 0 Å². The molecule has 0 fully saturated rings. The van der Waals surface area contributed by atoms with Gasteiger partial charge in [0.25, 0.3) is 0 Å². The van der Waals surface area contributed by atoms with Gasteiger partial charge in [-0.15, -0.1) is 0 Å². The van der Waals surface area contributed by atoms with Crippen LogP contribution in [0, 0.1) is 17.1 Å². The molecule has 0 aliphatic carbocycles. The second-order valence-electron chi connectivity index (χ2n) is 4.07. The summed E-state index contributed by atoms with van der Waals surface area (Å²) < 4.78 is 15.0. The molecule has 0 radical (unpaired) electrons. The first-order valence-corrected chi connectivity index (χ1v) is 7.26. The van der Waals surface area contributed by atoms with Gasteiger partial charge in [-0.1, -0.05) is 34.1 Å². The second kappa shape index (κ2) is 6.29. The van der Waals surface area contributed by atoms with Gasteiger partial charge >= 0.3 is 0 Å². The normalized spacial score (nSPS) is 11.7. The molecule has 0 aromatic heterocycles. The quantitative estimate of drug-likeness (QED) is 0.696. The highest BCUT2D eigenvalue weighted by Crippen LogP contribution is 2.28. The van der Waals surface area contributed by atoms with Crippen LogP contribution in [-0.2, 0) is 0 Å². The summed E-state index contributed by atoms with van der Waals surface area (Å²) in [6, 6.07) is 13.0. The Morgan fingerprint density at radius 2 is 1.80 bits per heavy atom. The minimum atomic E-state index is -1.03. The number of Topliss-reactive ketones (excluding diaryl/α,β-unsaturated/α-hetero) is 1. The predicted molar refractivity (Wildman–Crippen MR) is 80.9 cm³/mol. The van der Waals surface area contributed by atoms with Crippen molar-refractivity contribution in [2.75, 3.05) is 0 Å². The molecule has 2 nitrogen and oxygen atoms in total. The third-order valence-corrected chi connectivity index (χ3v) is 3.99. The van der Waals surface area contributed by atoms with E-state index in [0.717, 1.165) is 4.47 Å². The molecule has 0 spiro atoms. The van der Waals surface area contributed by atoms with Crippen LogP contribution in [0.5, 0.6) is 0 Å². The maximum Gasteiger partial charge on any atom is 0.188 e. The van der Waals surface area contributed by atoms with E-state index in [9.17, 15) is 14.4 Å². The molecule has 1 unspecified atom stereocenters. The fraction of sp³-hybridized carbons (Fsp3) is 0.0667. The number of nitrogens with zero attached hydrogens (tertiary/aromatic N) is 1. The molecule has 2 rings (SSSR count). The molecular formula is C15H8Br2FNO. The van der Waals surface area contributed by atoms with Gasteiger partial charge < -0.3 is 0 Å². The first-order chi connectivity index (χ1) is 9.54. The Balaban J connectivity index is 2.45. The molecule has 0 bridgehead atoms. The number of rotatable bonds is 3. The van der Waals surface area contributed by atoms with E-state index in [2.05, 4.69) is 31.9 Å². The number of halogens is 3. The molecule has 0 aliphatic rings. The number of carbonyl (C=O) groups is 1. The van der Waals surface area contributed by atoms with E-state index >= 15 is 0 Å². The summed E-state index contributed by atoms with van der Waals surface area (Å²) in [6.07, 6.45) is 0. The van der Waals surface area contributed by atoms with Crippen LogP contribution in [0.25, 0.3) is 0 Å². The average molecular weight is 397 g/mol. The monoisotopic (exact) mass is 395 g/mol. The Morgan fingerprint density at radius 3 is 2.35 bits per heavy atom. The fourth-order valence-electron chi connectivity index (χ4n) is 1.82. The molecule has 2 aromatic rings. The number of hydrogen-bond donors (Lipinski definition) is 0. The minimum absolute atomic E-state index is 0.0954. The predicted octanol–water partition coefficient (Wildman–Crippen LogP) is 4.84. The van der Waals surface area contributed by atoms with Crippen LogP contribution in [0.3, 0.4) is 0 Å². The van der Waals surface area contributed by atoms with Crippen molar-refractivity contribution < 1.29 is 9.18 Å². The molecule has 1 atom stereocenters. The molecule has 0 saturated carbocycles. The summed E-state index contributed by atoms with van der Waals surface area (Å²) in [4.78, 5) is 12.4. The van der Waals surface area contributed by atoms with Gasteiger partial charge in [-0.2, -0.15) is 5.26 Å². The van der Waals surface area contributed by atoms with E-state index in [0.29, 0.717) is 10.0 Å². The first-order valence-electron chi connectivity index (χ1n) is 5.68. The van der Waals surface area contributed by atoms with Crippen molar-refractivity contribution >= 4 is 37.6 Å². The molecule has 2 aromatic carbocycles. The van der Waals surface area contributed by atoms with Crippen molar-refractivity contribution in [1.29, 1.82) is 5.26 Å². The maximum absolute atomic E-state index is 13.8. The third-order valence-electron chi connectivity index (χ3n) is 2.80. The SMILES string of the molecule is N#CC(C(=O)c1c(F)cccc1Br)c1ccc(Br)cc1. The zero-order valence-electron chi connectivity index (χ0n) is 10.1. The third kappa shape index (κ3) is 2.97. The second-order valence-corrected chi connectivity index (χ2v) is 5.84. The van der Waals surface area contributed by atoms with Gasteiger partial charge in [-0.3, -0.25) is 4.79 Å². The molecule has 0 amide bonds. The Bertz CT molecular complexity index is 672. The van der Waals surface area contributed by atoms with E-state index in [1.54, 1.807) is 30.3 Å². The number of benzene rings is 2. The molecule has 0 saturated heterocycles. The van der Waals surface area contributed by atoms with Crippen LogP contribution in [-0.4, -0.2) is 5.78 Å². The highest BCUT2D eigenvalue weighted by atomic mass is 79.9. The first kappa shape index (κ1) is 14.9. The lowest BCUT2D eigenvalue weighted by Crippen LogP contribution is -2.13. The van der Waals surface area contributed by atoms with Crippen LogP contribution < -0.4 is 0 Å². The average Bonchev–Trinajstić information content (AvgIpc) is 2.41. The highest BCUT2D eigenvalue weighted by Gasteiger charge is 2.26. The summed E-state index contributed by atoms with van der Waals surface area (Å²) in [6.45, 7) is 0. The number of nitriles is 1. The van der Waals surface area contributed by atoms with Crippen molar-refractivity contribution in [2.24, 2.45) is 0 Å². The van der Waals surface area contributed by atoms with E-state index in [4.69, 9.17) is 0 Å². The molecule has 0 N–H and O–H groups in total. The van der Waals surface area contributed by atoms with E-state index in [-0.39, 0.29) is 5.56 Å². The van der Waals surface area contributed by atoms with Gasteiger partial charge in [0, 0.05) is 8.95 Å². The molecule has 20 heavy (non-hydrogen) atoms. The zero-order chi connectivity index (χ0) is 14.7. The summed E-state index contributed by atoms with van der Waals surface area (Å²) in [7, 11) is 0. The molecule has 5 heteroatoms. The smallest absolute Gasteiger partial charge is 0.188 e. The van der Waals surface area contributed by atoms with Crippen LogP contribution >= 0.6 is 31.9 Å². The fourth-order valence-corrected chi connectivity index (χ4v) is 2.62. The lowest BCUT2D eigenvalue weighted by molar-refractivity contribution is 0.0974. The maximum atomic E-state index is 13.8. The molecule has 0 heterocycles. The van der Waals surface area contributed by atoms with E-state index in [1.807, 2.05) is 6.07 Å². The lowest BCUT2D eigenvalue weighted by Gasteiger charge is -2.11. The van der Waals surface area contributed by atoms with Gasteiger partial charge in [-0.05, 0) is 45.8 Å². The van der Waals surface area contributed by atoms with Crippen molar-refractivity contribution in [3.8, 4) is 6.07 Å². The lowest BCUT2D eigenvalue weighted by atomic mass is 9.92. The zero-order valence-corrected chi connectivity index (χ0v) is 13.3. The van der Waals surface area contributed by atoms with Gasteiger partial charge in [0.2, 0.25) is 0 Å². The Kier molecular flexibility index (Phi) is 4.69. The Morgan fingerprint density at radius 1 is 1.15 bits per heavy atom. The summed E-state index contributed by atoms with van der Waals surface area (Å²) in [5.74, 6) is -2.22. The molecule has 100 valence electrons. The standard InChI is InChI=1S/C15H8Br2FNO/c16-10-6-4-9(5-7-10)11(8-19)15(20)14-12(17)2-1-3-13(14)18/h1-7,11H. The Hall–Kier alpha value is -1.51. The topological polar surface area (TPSA) is 40.9 Å². The van der Waals surface area contributed by atoms with Crippen LogP contribution in [0.2, 0.25) is 0 Å². The van der Waals surface area contributed by atoms with Crippen LogP contribution in [0.15, 0.2) is 51.4 Å².